The number of nitrogens with zero attached hydrogens (tertiary/aromatic N) is 6. The van der Waals surface area contributed by atoms with Gasteiger partial charge in [0.15, 0.2) is 5.65 Å². The number of pyridine rings is 1. The third-order valence-corrected chi connectivity index (χ3v) is 5.48. The molecule has 2 aromatic rings. The van der Waals surface area contributed by atoms with Crippen LogP contribution in [-0.4, -0.2) is 90.2 Å². The molecule has 4 rings (SSSR count). The average molecular weight is 384 g/mol. The van der Waals surface area contributed by atoms with Crippen molar-refractivity contribution in [1.29, 1.82) is 0 Å². The van der Waals surface area contributed by atoms with Gasteiger partial charge in [-0.3, -0.25) is 4.79 Å². The number of hydrogen-bond acceptors (Lipinski definition) is 7. The lowest BCUT2D eigenvalue weighted by Gasteiger charge is -2.29. The zero-order chi connectivity index (χ0) is 19.7. The summed E-state index contributed by atoms with van der Waals surface area (Å²) in [7, 11) is 2.09. The minimum atomic E-state index is -0.104. The molecule has 2 aliphatic heterocycles. The number of rotatable bonds is 2. The fourth-order valence-corrected chi connectivity index (χ4v) is 3.95. The van der Waals surface area contributed by atoms with Crippen LogP contribution in [0.3, 0.4) is 0 Å². The minimum Gasteiger partial charge on any atom is -0.378 e. The van der Waals surface area contributed by atoms with Gasteiger partial charge in [0, 0.05) is 38.4 Å². The van der Waals surface area contributed by atoms with Gasteiger partial charge in [-0.15, -0.1) is 0 Å². The Kier molecular flexibility index (Phi) is 5.41. The minimum absolute atomic E-state index is 0.104. The second-order valence-electron chi connectivity index (χ2n) is 7.70. The number of fused-ring (bicyclic) bond motifs is 1. The van der Waals surface area contributed by atoms with E-state index in [9.17, 15) is 4.79 Å². The van der Waals surface area contributed by atoms with Gasteiger partial charge in [-0.1, -0.05) is 0 Å². The van der Waals surface area contributed by atoms with Crippen LogP contribution in [0.15, 0.2) is 6.07 Å². The molecule has 4 heterocycles. The van der Waals surface area contributed by atoms with Crippen molar-refractivity contribution >= 4 is 22.8 Å². The number of carbonyl (C=O) groups is 1. The summed E-state index contributed by atoms with van der Waals surface area (Å²) in [5, 5.41) is 0.930. The van der Waals surface area contributed by atoms with E-state index in [-0.39, 0.29) is 11.7 Å². The van der Waals surface area contributed by atoms with E-state index in [2.05, 4.69) is 33.7 Å². The van der Waals surface area contributed by atoms with Crippen molar-refractivity contribution in [2.24, 2.45) is 0 Å². The molecule has 0 spiro atoms. The van der Waals surface area contributed by atoms with Gasteiger partial charge >= 0.3 is 0 Å². The molecule has 0 unspecified atom stereocenters. The summed E-state index contributed by atoms with van der Waals surface area (Å²) in [6.45, 7) is 10.1. The van der Waals surface area contributed by atoms with Crippen molar-refractivity contribution in [3.63, 3.8) is 0 Å². The van der Waals surface area contributed by atoms with Crippen LogP contribution in [0.5, 0.6) is 0 Å². The Morgan fingerprint density at radius 3 is 2.57 bits per heavy atom. The summed E-state index contributed by atoms with van der Waals surface area (Å²) in [5.74, 6) is 0.942. The molecule has 0 N–H and O–H groups in total. The topological polar surface area (TPSA) is 74.7 Å². The standard InChI is InChI=1S/C20H28N6O2/c1-14-13-15(2)21-17-16(14)19(25-9-11-28-12-10-25)23-18(22-17)20(27)26-6-4-5-24(3)7-8-26/h13H,4-12H2,1-3H3. The fourth-order valence-electron chi connectivity index (χ4n) is 3.95. The third kappa shape index (κ3) is 3.79. The van der Waals surface area contributed by atoms with Crippen molar-refractivity contribution in [3.8, 4) is 0 Å². The fraction of sp³-hybridized carbons (Fsp3) is 0.600. The average Bonchev–Trinajstić information content (AvgIpc) is 2.91. The lowest BCUT2D eigenvalue weighted by Crippen LogP contribution is -2.38. The normalized spacial score (nSPS) is 19.1. The van der Waals surface area contributed by atoms with Gasteiger partial charge in [-0.25, -0.2) is 15.0 Å². The number of hydrogen-bond donors (Lipinski definition) is 0. The largest absolute Gasteiger partial charge is 0.378 e. The first kappa shape index (κ1) is 19.0. The summed E-state index contributed by atoms with van der Waals surface area (Å²) in [6, 6.07) is 2.04. The smallest absolute Gasteiger partial charge is 0.291 e. The van der Waals surface area contributed by atoms with Crippen LogP contribution in [0, 0.1) is 13.8 Å². The van der Waals surface area contributed by atoms with Crippen LogP contribution in [0.25, 0.3) is 11.0 Å². The number of ether oxygens (including phenoxy) is 1. The quantitative estimate of drug-likeness (QED) is 0.771. The number of aryl methyl sites for hydroxylation is 2. The predicted octanol–water partition coefficient (Wildman–Crippen LogP) is 1.26. The number of likely N-dealkylation sites (N-methyl/N-ethyl adjacent to an activating group) is 1. The van der Waals surface area contributed by atoms with E-state index >= 15 is 0 Å². The van der Waals surface area contributed by atoms with Crippen molar-refractivity contribution in [1.82, 2.24) is 24.8 Å². The van der Waals surface area contributed by atoms with E-state index < -0.39 is 0 Å². The molecule has 0 aliphatic carbocycles. The number of anilines is 1. The molecule has 0 bridgehead atoms. The molecule has 2 aliphatic rings. The summed E-state index contributed by atoms with van der Waals surface area (Å²) in [5.41, 5.74) is 2.58. The van der Waals surface area contributed by atoms with E-state index in [4.69, 9.17) is 9.72 Å². The summed E-state index contributed by atoms with van der Waals surface area (Å²) in [6.07, 6.45) is 0.961. The zero-order valence-corrected chi connectivity index (χ0v) is 16.9. The van der Waals surface area contributed by atoms with Gasteiger partial charge in [0.25, 0.3) is 5.91 Å². The Morgan fingerprint density at radius 1 is 1.00 bits per heavy atom. The Labute approximate surface area is 165 Å². The Hall–Kier alpha value is -2.32. The molecule has 0 radical (unpaired) electrons. The maximum absolute atomic E-state index is 13.2. The van der Waals surface area contributed by atoms with Gasteiger partial charge in [0.2, 0.25) is 5.82 Å². The molecule has 1 amide bonds. The summed E-state index contributed by atoms with van der Waals surface area (Å²) in [4.78, 5) is 33.5. The SMILES string of the molecule is Cc1cc(C)c2c(N3CCOCC3)nc(C(=O)N3CCCN(C)CC3)nc2n1. The molecule has 28 heavy (non-hydrogen) atoms. The first-order valence-electron chi connectivity index (χ1n) is 9.99. The van der Waals surface area contributed by atoms with E-state index in [1.807, 2.05) is 17.9 Å². The maximum atomic E-state index is 13.2. The third-order valence-electron chi connectivity index (χ3n) is 5.48. The van der Waals surface area contributed by atoms with Crippen molar-refractivity contribution in [2.45, 2.75) is 20.3 Å². The van der Waals surface area contributed by atoms with Gasteiger partial charge in [0.1, 0.15) is 5.82 Å². The number of carbonyl (C=O) groups excluding carboxylic acids is 1. The molecule has 0 atom stereocenters. The van der Waals surface area contributed by atoms with Crippen molar-refractivity contribution in [3.05, 3.63) is 23.1 Å². The molecule has 2 fully saturated rings. The maximum Gasteiger partial charge on any atom is 0.291 e. The van der Waals surface area contributed by atoms with Gasteiger partial charge in [0.05, 0.1) is 18.6 Å². The van der Waals surface area contributed by atoms with Crippen LogP contribution in [0.2, 0.25) is 0 Å². The van der Waals surface area contributed by atoms with Crippen LogP contribution >= 0.6 is 0 Å². The molecule has 8 heteroatoms. The predicted molar refractivity (Wildman–Crippen MR) is 108 cm³/mol. The van der Waals surface area contributed by atoms with Gasteiger partial charge in [-0.2, -0.15) is 0 Å². The zero-order valence-electron chi connectivity index (χ0n) is 16.9. The highest BCUT2D eigenvalue weighted by Crippen LogP contribution is 2.28. The molecule has 0 saturated carbocycles. The van der Waals surface area contributed by atoms with E-state index in [1.54, 1.807) is 0 Å². The highest BCUT2D eigenvalue weighted by molar-refractivity contribution is 5.96. The molecule has 2 aromatic heterocycles. The first-order chi connectivity index (χ1) is 13.5. The molecule has 8 nitrogen and oxygen atoms in total. The lowest BCUT2D eigenvalue weighted by molar-refractivity contribution is 0.0751. The van der Waals surface area contributed by atoms with Crippen LogP contribution < -0.4 is 4.90 Å². The highest BCUT2D eigenvalue weighted by Gasteiger charge is 2.25. The van der Waals surface area contributed by atoms with Gasteiger partial charge in [-0.05, 0) is 45.5 Å². The Balaban J connectivity index is 1.77. The molecular weight excluding hydrogens is 356 g/mol. The Bertz CT molecular complexity index is 881. The first-order valence-corrected chi connectivity index (χ1v) is 9.99. The summed E-state index contributed by atoms with van der Waals surface area (Å²) >= 11 is 0. The highest BCUT2D eigenvalue weighted by atomic mass is 16.5. The Morgan fingerprint density at radius 2 is 1.79 bits per heavy atom. The number of morpholine rings is 1. The van der Waals surface area contributed by atoms with E-state index in [0.29, 0.717) is 25.4 Å². The van der Waals surface area contributed by atoms with Crippen molar-refractivity contribution in [2.75, 3.05) is 64.4 Å². The van der Waals surface area contributed by atoms with Gasteiger partial charge < -0.3 is 19.4 Å². The second kappa shape index (κ2) is 7.97. The number of aromatic nitrogens is 3. The lowest BCUT2D eigenvalue weighted by atomic mass is 10.1. The molecule has 0 aromatic carbocycles. The molecular formula is C20H28N6O2. The molecule has 150 valence electrons. The van der Waals surface area contributed by atoms with Crippen LogP contribution in [0.4, 0.5) is 5.82 Å². The second-order valence-corrected chi connectivity index (χ2v) is 7.70. The van der Waals surface area contributed by atoms with E-state index in [0.717, 1.165) is 61.6 Å². The summed E-state index contributed by atoms with van der Waals surface area (Å²) < 4.78 is 5.50. The monoisotopic (exact) mass is 384 g/mol. The van der Waals surface area contributed by atoms with E-state index in [1.165, 1.54) is 0 Å². The van der Waals surface area contributed by atoms with Crippen molar-refractivity contribution < 1.29 is 9.53 Å². The molecule has 2 saturated heterocycles. The van der Waals surface area contributed by atoms with Crippen LogP contribution in [-0.2, 0) is 4.74 Å². The van der Waals surface area contributed by atoms with Crippen LogP contribution in [0.1, 0.15) is 28.3 Å². The number of amides is 1.